The molecule has 0 heterocycles. The monoisotopic (exact) mass is 393 g/mol. The summed E-state index contributed by atoms with van der Waals surface area (Å²) in [7, 11) is 1.56. The van der Waals surface area contributed by atoms with Gasteiger partial charge in [-0.3, -0.25) is 9.59 Å². The molecule has 0 aliphatic rings. The standard InChI is InChI=1S/C20H21F2NO5/c1-27-10-11-28-16-5-3-15(4-6-16)20(26)23(9-8-19(24)25)13-14-2-7-17(21)18(22)12-14/h2-7,12H,8-11,13H2,1H3,(H,24,25). The summed E-state index contributed by atoms with van der Waals surface area (Å²) < 4.78 is 36.9. The number of benzene rings is 2. The first-order valence-electron chi connectivity index (χ1n) is 8.57. The minimum Gasteiger partial charge on any atom is -0.491 e. The number of carboxylic acids is 1. The molecule has 0 saturated carbocycles. The summed E-state index contributed by atoms with van der Waals surface area (Å²) in [5, 5.41) is 8.93. The van der Waals surface area contributed by atoms with Crippen molar-refractivity contribution in [2.45, 2.75) is 13.0 Å². The van der Waals surface area contributed by atoms with Gasteiger partial charge in [-0.2, -0.15) is 0 Å². The number of carboxylic acid groups (broad SMARTS) is 1. The molecule has 0 aliphatic carbocycles. The van der Waals surface area contributed by atoms with Gasteiger partial charge in [0.2, 0.25) is 0 Å². The Morgan fingerprint density at radius 2 is 1.75 bits per heavy atom. The molecule has 8 heteroatoms. The average molecular weight is 393 g/mol. The van der Waals surface area contributed by atoms with Crippen molar-refractivity contribution in [3.05, 3.63) is 65.2 Å². The molecule has 2 aromatic carbocycles. The van der Waals surface area contributed by atoms with Crippen molar-refractivity contribution in [3.63, 3.8) is 0 Å². The van der Waals surface area contributed by atoms with Crippen LogP contribution in [0.15, 0.2) is 42.5 Å². The zero-order valence-electron chi connectivity index (χ0n) is 15.4. The predicted octanol–water partition coefficient (Wildman–Crippen LogP) is 3.11. The average Bonchev–Trinajstić information content (AvgIpc) is 2.68. The third-order valence-corrected chi connectivity index (χ3v) is 3.90. The molecule has 150 valence electrons. The quantitative estimate of drug-likeness (QED) is 0.628. The topological polar surface area (TPSA) is 76.1 Å². The molecule has 0 unspecified atom stereocenters. The molecule has 0 aliphatic heterocycles. The fourth-order valence-electron chi connectivity index (χ4n) is 2.46. The number of ether oxygens (including phenoxy) is 2. The zero-order valence-corrected chi connectivity index (χ0v) is 15.4. The first kappa shape index (κ1) is 21.3. The Labute approximate surface area is 161 Å². The molecule has 0 fully saturated rings. The summed E-state index contributed by atoms with van der Waals surface area (Å²) in [6.07, 6.45) is -0.270. The molecule has 6 nitrogen and oxygen atoms in total. The van der Waals surface area contributed by atoms with Crippen molar-refractivity contribution >= 4 is 11.9 Å². The highest BCUT2D eigenvalue weighted by Gasteiger charge is 2.18. The van der Waals surface area contributed by atoms with E-state index < -0.39 is 23.5 Å². The number of aliphatic carboxylic acids is 1. The summed E-state index contributed by atoms with van der Waals surface area (Å²) in [5.41, 5.74) is 0.684. The lowest BCUT2D eigenvalue weighted by Gasteiger charge is -2.22. The number of hydrogen-bond donors (Lipinski definition) is 1. The molecule has 0 bridgehead atoms. The summed E-state index contributed by atoms with van der Waals surface area (Å²) in [5.74, 6) is -2.94. The lowest BCUT2D eigenvalue weighted by atomic mass is 10.1. The van der Waals surface area contributed by atoms with Crippen molar-refractivity contribution in [2.24, 2.45) is 0 Å². The predicted molar refractivity (Wildman–Crippen MR) is 97.2 cm³/mol. The van der Waals surface area contributed by atoms with E-state index in [1.807, 2.05) is 0 Å². The Morgan fingerprint density at radius 3 is 2.36 bits per heavy atom. The molecule has 0 spiro atoms. The van der Waals surface area contributed by atoms with Crippen LogP contribution < -0.4 is 4.74 Å². The second-order valence-corrected chi connectivity index (χ2v) is 5.98. The maximum Gasteiger partial charge on any atom is 0.305 e. The Bertz CT molecular complexity index is 811. The fraction of sp³-hybridized carbons (Fsp3) is 0.300. The lowest BCUT2D eigenvalue weighted by Crippen LogP contribution is -2.32. The SMILES string of the molecule is COCCOc1ccc(C(=O)N(CCC(=O)O)Cc2ccc(F)c(F)c2)cc1. The number of hydrogen-bond acceptors (Lipinski definition) is 4. The Morgan fingerprint density at radius 1 is 1.04 bits per heavy atom. The normalized spacial score (nSPS) is 10.5. The molecule has 0 radical (unpaired) electrons. The van der Waals surface area contributed by atoms with Gasteiger partial charge in [-0.15, -0.1) is 0 Å². The number of halogens is 2. The van der Waals surface area contributed by atoms with Crippen molar-refractivity contribution in [1.29, 1.82) is 0 Å². The van der Waals surface area contributed by atoms with Gasteiger partial charge in [0.1, 0.15) is 12.4 Å². The van der Waals surface area contributed by atoms with E-state index in [0.29, 0.717) is 30.1 Å². The third kappa shape index (κ3) is 6.31. The van der Waals surface area contributed by atoms with E-state index in [2.05, 4.69) is 0 Å². The highest BCUT2D eigenvalue weighted by atomic mass is 19.2. The number of methoxy groups -OCH3 is 1. The molecule has 1 amide bonds. The van der Waals surface area contributed by atoms with Gasteiger partial charge in [0.05, 0.1) is 13.0 Å². The van der Waals surface area contributed by atoms with Crippen molar-refractivity contribution in [1.82, 2.24) is 4.90 Å². The highest BCUT2D eigenvalue weighted by Crippen LogP contribution is 2.17. The van der Waals surface area contributed by atoms with E-state index >= 15 is 0 Å². The van der Waals surface area contributed by atoms with E-state index in [-0.39, 0.29) is 19.5 Å². The van der Waals surface area contributed by atoms with Gasteiger partial charge >= 0.3 is 5.97 Å². The summed E-state index contributed by atoms with van der Waals surface area (Å²) in [6.45, 7) is 0.678. The molecule has 0 saturated heterocycles. The minimum atomic E-state index is -1.06. The second-order valence-electron chi connectivity index (χ2n) is 5.98. The van der Waals surface area contributed by atoms with Crippen LogP contribution in [0.2, 0.25) is 0 Å². The summed E-state index contributed by atoms with van der Waals surface area (Å²) in [6, 6.07) is 9.67. The van der Waals surface area contributed by atoms with Crippen LogP contribution in [0.1, 0.15) is 22.3 Å². The van der Waals surface area contributed by atoms with Gasteiger partial charge < -0.3 is 19.5 Å². The van der Waals surface area contributed by atoms with Crippen LogP contribution in [0, 0.1) is 11.6 Å². The first-order valence-corrected chi connectivity index (χ1v) is 8.57. The second kappa shape index (κ2) is 10.4. The number of nitrogens with zero attached hydrogens (tertiary/aromatic N) is 1. The van der Waals surface area contributed by atoms with Gasteiger partial charge in [0, 0.05) is 25.8 Å². The fourth-order valence-corrected chi connectivity index (χ4v) is 2.46. The molecule has 0 atom stereocenters. The van der Waals surface area contributed by atoms with E-state index in [1.54, 1.807) is 31.4 Å². The third-order valence-electron chi connectivity index (χ3n) is 3.90. The van der Waals surface area contributed by atoms with E-state index in [1.165, 1.54) is 11.0 Å². The smallest absolute Gasteiger partial charge is 0.305 e. The van der Waals surface area contributed by atoms with Crippen LogP contribution in [-0.2, 0) is 16.1 Å². The van der Waals surface area contributed by atoms with Gasteiger partial charge in [0.15, 0.2) is 11.6 Å². The molecular weight excluding hydrogens is 372 g/mol. The van der Waals surface area contributed by atoms with E-state index in [0.717, 1.165) is 12.1 Å². The van der Waals surface area contributed by atoms with Gasteiger partial charge in [0.25, 0.3) is 5.91 Å². The Balaban J connectivity index is 2.13. The number of amides is 1. The summed E-state index contributed by atoms with van der Waals surface area (Å²) in [4.78, 5) is 25.0. The molecule has 28 heavy (non-hydrogen) atoms. The van der Waals surface area contributed by atoms with Crippen LogP contribution in [0.25, 0.3) is 0 Å². The van der Waals surface area contributed by atoms with Crippen LogP contribution in [-0.4, -0.2) is 48.8 Å². The molecule has 2 rings (SSSR count). The van der Waals surface area contributed by atoms with Gasteiger partial charge in [-0.25, -0.2) is 8.78 Å². The van der Waals surface area contributed by atoms with E-state index in [4.69, 9.17) is 14.6 Å². The zero-order chi connectivity index (χ0) is 20.5. The lowest BCUT2D eigenvalue weighted by molar-refractivity contribution is -0.137. The van der Waals surface area contributed by atoms with Crippen LogP contribution in [0.5, 0.6) is 5.75 Å². The number of rotatable bonds is 10. The maximum absolute atomic E-state index is 13.4. The van der Waals surface area contributed by atoms with Gasteiger partial charge in [-0.1, -0.05) is 6.07 Å². The van der Waals surface area contributed by atoms with Crippen LogP contribution in [0.3, 0.4) is 0 Å². The highest BCUT2D eigenvalue weighted by molar-refractivity contribution is 5.94. The Kier molecular flexibility index (Phi) is 7.88. The van der Waals surface area contributed by atoms with Crippen molar-refractivity contribution < 1.29 is 33.0 Å². The summed E-state index contributed by atoms with van der Waals surface area (Å²) >= 11 is 0. The van der Waals surface area contributed by atoms with E-state index in [9.17, 15) is 18.4 Å². The molecule has 2 aromatic rings. The van der Waals surface area contributed by atoms with Crippen molar-refractivity contribution in [2.75, 3.05) is 26.9 Å². The van der Waals surface area contributed by atoms with Crippen LogP contribution >= 0.6 is 0 Å². The van der Waals surface area contributed by atoms with Crippen LogP contribution in [0.4, 0.5) is 8.78 Å². The molecule has 1 N–H and O–H groups in total. The minimum absolute atomic E-state index is 0.0462. The molecule has 0 aromatic heterocycles. The number of carbonyl (C=O) groups excluding carboxylic acids is 1. The number of carbonyl (C=O) groups is 2. The van der Waals surface area contributed by atoms with Gasteiger partial charge in [-0.05, 0) is 42.0 Å². The maximum atomic E-state index is 13.4. The largest absolute Gasteiger partial charge is 0.491 e. The molecular formula is C20H21F2NO5. The van der Waals surface area contributed by atoms with Crippen molar-refractivity contribution in [3.8, 4) is 5.75 Å². The Hall–Kier alpha value is -3.00. The first-order chi connectivity index (χ1) is 13.4.